The Morgan fingerprint density at radius 3 is 2.53 bits per heavy atom. The summed E-state index contributed by atoms with van der Waals surface area (Å²) >= 11 is 6.11. The summed E-state index contributed by atoms with van der Waals surface area (Å²) in [7, 11) is 0. The second-order valence-electron chi connectivity index (χ2n) is 8.71. The average molecular weight is 511 g/mol. The molecule has 0 bridgehead atoms. The average Bonchev–Trinajstić information content (AvgIpc) is 3.26. The fraction of sp³-hybridized carbons (Fsp3) is 0.192. The molecular weight excluding hydrogens is 489 g/mol. The van der Waals surface area contributed by atoms with E-state index in [2.05, 4.69) is 45.3 Å². The Morgan fingerprint density at radius 2 is 1.83 bits per heavy atom. The van der Waals surface area contributed by atoms with Crippen LogP contribution in [0.4, 0.5) is 24.8 Å². The van der Waals surface area contributed by atoms with Crippen molar-refractivity contribution in [1.82, 2.24) is 19.5 Å². The molecular formula is C26H22ClF3N6. The van der Waals surface area contributed by atoms with Crippen LogP contribution in [0, 0.1) is 0 Å². The highest BCUT2D eigenvalue weighted by molar-refractivity contribution is 6.30. The van der Waals surface area contributed by atoms with E-state index in [4.69, 9.17) is 11.6 Å². The third-order valence-corrected chi connectivity index (χ3v) is 6.13. The third-order valence-electron chi connectivity index (χ3n) is 5.87. The maximum Gasteiger partial charge on any atom is 0.405 e. The first-order valence-corrected chi connectivity index (χ1v) is 11.6. The van der Waals surface area contributed by atoms with Crippen molar-refractivity contribution in [2.24, 2.45) is 0 Å². The van der Waals surface area contributed by atoms with Crippen molar-refractivity contribution in [2.75, 3.05) is 16.8 Å². The van der Waals surface area contributed by atoms with Crippen molar-refractivity contribution >= 4 is 46.0 Å². The minimum Gasteiger partial charge on any atom is -0.345 e. The van der Waals surface area contributed by atoms with Gasteiger partial charge in [-0.2, -0.15) is 13.2 Å². The van der Waals surface area contributed by atoms with Gasteiger partial charge in [-0.05, 0) is 49.7 Å². The maximum absolute atomic E-state index is 12.8. The summed E-state index contributed by atoms with van der Waals surface area (Å²) in [5.41, 5.74) is 4.76. The number of fused-ring (bicyclic) bond motifs is 2. The first kappa shape index (κ1) is 23.9. The lowest BCUT2D eigenvalue weighted by Gasteiger charge is -2.28. The molecule has 0 saturated heterocycles. The van der Waals surface area contributed by atoms with Gasteiger partial charge >= 0.3 is 6.18 Å². The molecule has 0 spiro atoms. The van der Waals surface area contributed by atoms with Crippen LogP contribution in [0.25, 0.3) is 22.8 Å². The molecule has 36 heavy (non-hydrogen) atoms. The Labute approximate surface area is 210 Å². The predicted octanol–water partition coefficient (Wildman–Crippen LogP) is 5.01. The summed E-state index contributed by atoms with van der Waals surface area (Å²) in [4.78, 5) is 14.9. The number of halogens is 4. The Kier molecular flexibility index (Phi) is 5.96. The largest absolute Gasteiger partial charge is 0.405 e. The highest BCUT2D eigenvalue weighted by atomic mass is 35.5. The normalized spacial score (nSPS) is 13.8. The fourth-order valence-corrected chi connectivity index (χ4v) is 4.28. The number of benzene rings is 2. The third kappa shape index (κ3) is 4.54. The van der Waals surface area contributed by atoms with Gasteiger partial charge in [-0.25, -0.2) is 15.0 Å². The van der Waals surface area contributed by atoms with Gasteiger partial charge in [0.1, 0.15) is 6.54 Å². The number of hydrogen-bond donors (Lipinski definition) is 1. The van der Waals surface area contributed by atoms with E-state index in [1.807, 2.05) is 47.8 Å². The lowest BCUT2D eigenvalue weighted by Crippen LogP contribution is -2.41. The highest BCUT2D eigenvalue weighted by Crippen LogP contribution is 2.32. The van der Waals surface area contributed by atoms with Crippen LogP contribution in [0.5, 0.6) is 0 Å². The number of hydrogen-bond acceptors (Lipinski definition) is 5. The fourth-order valence-electron chi connectivity index (χ4n) is 4.15. The van der Waals surface area contributed by atoms with Crippen LogP contribution in [0.2, 0.25) is 5.02 Å². The molecule has 1 aliphatic heterocycles. The monoisotopic (exact) mass is 510 g/mol. The van der Waals surface area contributed by atoms with Gasteiger partial charge in [0, 0.05) is 45.6 Å². The quantitative estimate of drug-likeness (QED) is 0.409. The molecule has 6 nitrogen and oxygen atoms in total. The van der Waals surface area contributed by atoms with E-state index in [1.54, 1.807) is 12.1 Å². The molecule has 10 heteroatoms. The van der Waals surface area contributed by atoms with Crippen molar-refractivity contribution in [3.05, 3.63) is 88.4 Å². The van der Waals surface area contributed by atoms with Gasteiger partial charge in [-0.1, -0.05) is 30.3 Å². The van der Waals surface area contributed by atoms with E-state index < -0.39 is 12.7 Å². The van der Waals surface area contributed by atoms with Gasteiger partial charge in [0.25, 0.3) is 0 Å². The second-order valence-corrected chi connectivity index (χ2v) is 9.15. The van der Waals surface area contributed by atoms with Gasteiger partial charge in [0.2, 0.25) is 5.95 Å². The molecule has 184 valence electrons. The molecule has 2 aromatic heterocycles. The highest BCUT2D eigenvalue weighted by Gasteiger charge is 2.27. The Bertz CT molecular complexity index is 1590. The number of aromatic nitrogens is 4. The Balaban J connectivity index is 1.67. The topological polar surface area (TPSA) is 58.9 Å². The number of anilines is 2. The number of nitrogens with one attached hydrogen (secondary N) is 1. The summed E-state index contributed by atoms with van der Waals surface area (Å²) < 4.78 is 40.4. The van der Waals surface area contributed by atoms with Crippen LogP contribution < -0.4 is 20.8 Å². The van der Waals surface area contributed by atoms with Crippen molar-refractivity contribution < 1.29 is 13.2 Å². The van der Waals surface area contributed by atoms with E-state index in [1.165, 1.54) is 6.20 Å². The van der Waals surface area contributed by atoms with E-state index in [9.17, 15) is 13.2 Å². The molecule has 2 aromatic carbocycles. The summed E-state index contributed by atoms with van der Waals surface area (Å²) in [6.45, 7) is 7.27. The number of imidazole rings is 1. The van der Waals surface area contributed by atoms with Crippen LogP contribution in [-0.4, -0.2) is 32.2 Å². The van der Waals surface area contributed by atoms with Crippen LogP contribution in [0.3, 0.4) is 0 Å². The Morgan fingerprint density at radius 1 is 1.08 bits per heavy atom. The van der Waals surface area contributed by atoms with E-state index in [0.717, 1.165) is 22.3 Å². The Hall–Kier alpha value is -3.85. The molecule has 0 radical (unpaired) electrons. The molecule has 0 amide bonds. The number of nitrogens with zero attached hydrogens (tertiary/aromatic N) is 5. The van der Waals surface area contributed by atoms with Crippen LogP contribution in [-0.2, 0) is 0 Å². The second kappa shape index (κ2) is 8.98. The SMILES string of the molecule is C=C1C(c2ccc(Cl)cc2)=c2nc(NCC(F)(F)F)ncc2=CN1c1ccc2ncn(C(C)C)c2c1. The molecule has 0 atom stereocenters. The summed E-state index contributed by atoms with van der Waals surface area (Å²) in [6, 6.07) is 13.3. The number of alkyl halides is 3. The van der Waals surface area contributed by atoms with E-state index >= 15 is 0 Å². The molecule has 1 N–H and O–H groups in total. The summed E-state index contributed by atoms with van der Waals surface area (Å²) in [6.07, 6.45) is 0.766. The van der Waals surface area contributed by atoms with Gasteiger partial charge in [0.05, 0.1) is 22.7 Å². The molecule has 0 aliphatic carbocycles. The molecule has 1 aliphatic rings. The van der Waals surface area contributed by atoms with Crippen molar-refractivity contribution in [2.45, 2.75) is 26.1 Å². The van der Waals surface area contributed by atoms with Crippen molar-refractivity contribution in [1.29, 1.82) is 0 Å². The minimum absolute atomic E-state index is 0.116. The van der Waals surface area contributed by atoms with Gasteiger partial charge in [-0.15, -0.1) is 0 Å². The summed E-state index contributed by atoms with van der Waals surface area (Å²) in [5.74, 6) is -0.116. The molecule has 3 heterocycles. The minimum atomic E-state index is -4.39. The zero-order valence-electron chi connectivity index (χ0n) is 19.5. The molecule has 0 unspecified atom stereocenters. The van der Waals surface area contributed by atoms with E-state index in [0.29, 0.717) is 26.9 Å². The van der Waals surface area contributed by atoms with Gasteiger partial charge < -0.3 is 14.8 Å². The molecule has 0 fully saturated rings. The van der Waals surface area contributed by atoms with Gasteiger partial charge in [-0.3, -0.25) is 0 Å². The van der Waals surface area contributed by atoms with Crippen LogP contribution in [0.1, 0.15) is 25.5 Å². The zero-order valence-corrected chi connectivity index (χ0v) is 20.3. The molecule has 4 aromatic rings. The number of allylic oxidation sites excluding steroid dienone is 1. The van der Waals surface area contributed by atoms with Crippen LogP contribution >= 0.6 is 11.6 Å². The molecule has 5 rings (SSSR count). The maximum atomic E-state index is 12.8. The predicted molar refractivity (Wildman–Crippen MR) is 136 cm³/mol. The standard InChI is InChI=1S/C26H22ClF3N6/c1-15(2)36-14-33-21-9-8-20(10-22(21)36)35-12-18-11-31-25(32-13-26(28,29)30)34-24(18)23(16(35)3)17-4-6-19(27)7-5-17/h4-12,14-15H,3,13H2,1-2H3,(H,32,34). The first-order chi connectivity index (χ1) is 17.1. The van der Waals surface area contributed by atoms with E-state index in [-0.39, 0.29) is 12.0 Å². The van der Waals surface area contributed by atoms with Crippen LogP contribution in [0.15, 0.2) is 67.3 Å². The zero-order chi connectivity index (χ0) is 25.6. The van der Waals surface area contributed by atoms with Crippen molar-refractivity contribution in [3.63, 3.8) is 0 Å². The summed E-state index contributed by atoms with van der Waals surface area (Å²) in [5, 5.41) is 3.94. The molecule has 0 saturated carbocycles. The lowest BCUT2D eigenvalue weighted by molar-refractivity contribution is -0.115. The smallest absolute Gasteiger partial charge is 0.345 e. The lowest BCUT2D eigenvalue weighted by atomic mass is 9.99. The van der Waals surface area contributed by atoms with Crippen molar-refractivity contribution in [3.8, 4) is 0 Å². The number of rotatable bonds is 5. The first-order valence-electron chi connectivity index (χ1n) is 11.2. The van der Waals surface area contributed by atoms with Gasteiger partial charge in [0.15, 0.2) is 0 Å².